The number of amides is 1. The first-order valence-electron chi connectivity index (χ1n) is 8.77. The average Bonchev–Trinajstić information content (AvgIpc) is 3.29. The molecule has 0 aliphatic carbocycles. The van der Waals surface area contributed by atoms with Crippen LogP contribution < -0.4 is 5.32 Å². The standard InChI is InChI=1S/C19H23N5O2/c1-4-24-17(10-16(22-24)9-13(2)3)19(25)20-11-14-5-7-15(8-6-14)18-21-12-26-23-18/h5-8,10,12-13H,4,9,11H2,1-3H3,(H,20,25). The minimum absolute atomic E-state index is 0.114. The minimum Gasteiger partial charge on any atom is -0.347 e. The molecule has 0 saturated carbocycles. The fourth-order valence-corrected chi connectivity index (χ4v) is 2.75. The van der Waals surface area contributed by atoms with Crippen LogP contribution in [0.2, 0.25) is 0 Å². The van der Waals surface area contributed by atoms with E-state index in [0.29, 0.717) is 30.5 Å². The van der Waals surface area contributed by atoms with Crippen LogP contribution in [0.3, 0.4) is 0 Å². The highest BCUT2D eigenvalue weighted by Gasteiger charge is 2.15. The number of nitrogens with zero attached hydrogens (tertiary/aromatic N) is 4. The van der Waals surface area contributed by atoms with Crippen LogP contribution in [0.15, 0.2) is 41.2 Å². The maximum Gasteiger partial charge on any atom is 0.269 e. The third-order valence-corrected chi connectivity index (χ3v) is 4.01. The van der Waals surface area contributed by atoms with E-state index in [1.165, 1.54) is 6.39 Å². The molecule has 0 saturated heterocycles. The van der Waals surface area contributed by atoms with Crippen LogP contribution in [0.1, 0.15) is 42.5 Å². The summed E-state index contributed by atoms with van der Waals surface area (Å²) in [5, 5.41) is 11.3. The second kappa shape index (κ2) is 7.95. The zero-order valence-electron chi connectivity index (χ0n) is 15.3. The molecule has 0 bridgehead atoms. The van der Waals surface area contributed by atoms with Gasteiger partial charge in [0, 0.05) is 18.7 Å². The number of aromatic nitrogens is 4. The van der Waals surface area contributed by atoms with Gasteiger partial charge < -0.3 is 9.84 Å². The van der Waals surface area contributed by atoms with Crippen molar-refractivity contribution < 1.29 is 9.32 Å². The van der Waals surface area contributed by atoms with E-state index in [2.05, 4.69) is 34.4 Å². The number of rotatable bonds is 7. The molecule has 3 aromatic rings. The summed E-state index contributed by atoms with van der Waals surface area (Å²) in [7, 11) is 0. The first kappa shape index (κ1) is 17.8. The van der Waals surface area contributed by atoms with Crippen LogP contribution in [-0.4, -0.2) is 25.8 Å². The van der Waals surface area contributed by atoms with E-state index in [0.717, 1.165) is 23.2 Å². The molecule has 0 spiro atoms. The Kier molecular flexibility index (Phi) is 5.46. The van der Waals surface area contributed by atoms with E-state index < -0.39 is 0 Å². The molecule has 136 valence electrons. The third-order valence-electron chi connectivity index (χ3n) is 4.01. The normalized spacial score (nSPS) is 11.1. The van der Waals surface area contributed by atoms with Crippen molar-refractivity contribution in [1.29, 1.82) is 0 Å². The molecule has 2 aromatic heterocycles. The van der Waals surface area contributed by atoms with Crippen LogP contribution in [-0.2, 0) is 19.5 Å². The van der Waals surface area contributed by atoms with Crippen molar-refractivity contribution in [3.8, 4) is 11.4 Å². The van der Waals surface area contributed by atoms with E-state index in [9.17, 15) is 4.79 Å². The highest BCUT2D eigenvalue weighted by atomic mass is 16.5. The summed E-state index contributed by atoms with van der Waals surface area (Å²) < 4.78 is 6.50. The van der Waals surface area contributed by atoms with Gasteiger partial charge in [0.15, 0.2) is 0 Å². The second-order valence-electron chi connectivity index (χ2n) is 6.57. The molecule has 1 N–H and O–H groups in total. The Balaban J connectivity index is 1.64. The molecule has 0 unspecified atom stereocenters. The Morgan fingerprint density at radius 1 is 1.27 bits per heavy atom. The molecule has 2 heterocycles. The van der Waals surface area contributed by atoms with Gasteiger partial charge in [0.1, 0.15) is 5.69 Å². The number of nitrogens with one attached hydrogen (secondary N) is 1. The van der Waals surface area contributed by atoms with Crippen molar-refractivity contribution in [2.45, 2.75) is 40.3 Å². The van der Waals surface area contributed by atoms with Gasteiger partial charge in [-0.15, -0.1) is 0 Å². The number of hydrogen-bond acceptors (Lipinski definition) is 5. The van der Waals surface area contributed by atoms with Crippen molar-refractivity contribution in [3.63, 3.8) is 0 Å². The van der Waals surface area contributed by atoms with E-state index in [4.69, 9.17) is 4.52 Å². The molecule has 1 aromatic carbocycles. The molecule has 1 amide bonds. The highest BCUT2D eigenvalue weighted by Crippen LogP contribution is 2.15. The van der Waals surface area contributed by atoms with Gasteiger partial charge in [0.05, 0.1) is 5.69 Å². The predicted molar refractivity (Wildman–Crippen MR) is 97.3 cm³/mol. The topological polar surface area (TPSA) is 85.8 Å². The van der Waals surface area contributed by atoms with Gasteiger partial charge in [-0.05, 0) is 30.9 Å². The van der Waals surface area contributed by atoms with Crippen LogP contribution >= 0.6 is 0 Å². The third kappa shape index (κ3) is 4.17. The number of aryl methyl sites for hydroxylation is 1. The van der Waals surface area contributed by atoms with Gasteiger partial charge in [-0.2, -0.15) is 10.1 Å². The summed E-state index contributed by atoms with van der Waals surface area (Å²) in [6.45, 7) is 7.38. The molecule has 3 rings (SSSR count). The maximum absolute atomic E-state index is 12.5. The molecular formula is C19H23N5O2. The summed E-state index contributed by atoms with van der Waals surface area (Å²) in [6.07, 6.45) is 2.17. The Labute approximate surface area is 152 Å². The molecule has 0 radical (unpaired) electrons. The maximum atomic E-state index is 12.5. The molecule has 7 nitrogen and oxygen atoms in total. The fraction of sp³-hybridized carbons (Fsp3) is 0.368. The van der Waals surface area contributed by atoms with Crippen LogP contribution in [0.5, 0.6) is 0 Å². The van der Waals surface area contributed by atoms with E-state index in [1.807, 2.05) is 37.3 Å². The van der Waals surface area contributed by atoms with Gasteiger partial charge in [0.25, 0.3) is 5.91 Å². The lowest BCUT2D eigenvalue weighted by Gasteiger charge is -2.07. The Morgan fingerprint density at radius 2 is 2.04 bits per heavy atom. The number of carbonyl (C=O) groups excluding carboxylic acids is 1. The monoisotopic (exact) mass is 353 g/mol. The SMILES string of the molecule is CCn1nc(CC(C)C)cc1C(=O)NCc1ccc(-c2ncon2)cc1. The number of hydrogen-bond donors (Lipinski definition) is 1. The molecule has 7 heteroatoms. The van der Waals surface area contributed by atoms with Crippen LogP contribution in [0.25, 0.3) is 11.4 Å². The molecule has 0 aliphatic heterocycles. The van der Waals surface area contributed by atoms with Gasteiger partial charge >= 0.3 is 0 Å². The lowest BCUT2D eigenvalue weighted by atomic mass is 10.1. The van der Waals surface area contributed by atoms with Crippen LogP contribution in [0.4, 0.5) is 0 Å². The lowest BCUT2D eigenvalue weighted by Crippen LogP contribution is -2.25. The zero-order valence-corrected chi connectivity index (χ0v) is 15.3. The summed E-state index contributed by atoms with van der Waals surface area (Å²) in [5.41, 5.74) is 3.43. The van der Waals surface area contributed by atoms with E-state index in [-0.39, 0.29) is 5.91 Å². The predicted octanol–water partition coefficient (Wildman–Crippen LogP) is 3.08. The molecule has 26 heavy (non-hydrogen) atoms. The van der Waals surface area contributed by atoms with Gasteiger partial charge in [-0.3, -0.25) is 9.48 Å². The Bertz CT molecular complexity index is 851. The average molecular weight is 353 g/mol. The molecular weight excluding hydrogens is 330 g/mol. The van der Waals surface area contributed by atoms with Crippen LogP contribution in [0, 0.1) is 5.92 Å². The van der Waals surface area contributed by atoms with Crippen molar-refractivity contribution in [2.24, 2.45) is 5.92 Å². The van der Waals surface area contributed by atoms with Crippen molar-refractivity contribution in [1.82, 2.24) is 25.2 Å². The molecule has 0 aliphatic rings. The van der Waals surface area contributed by atoms with Gasteiger partial charge in [0.2, 0.25) is 12.2 Å². The quantitative estimate of drug-likeness (QED) is 0.705. The molecule has 0 fully saturated rings. The largest absolute Gasteiger partial charge is 0.347 e. The number of benzene rings is 1. The summed E-state index contributed by atoms with van der Waals surface area (Å²) in [4.78, 5) is 16.6. The van der Waals surface area contributed by atoms with E-state index >= 15 is 0 Å². The highest BCUT2D eigenvalue weighted by molar-refractivity contribution is 5.92. The molecule has 0 atom stereocenters. The number of carbonyl (C=O) groups is 1. The van der Waals surface area contributed by atoms with Crippen molar-refractivity contribution in [2.75, 3.05) is 0 Å². The van der Waals surface area contributed by atoms with Crippen molar-refractivity contribution in [3.05, 3.63) is 53.7 Å². The Hall–Kier alpha value is -2.96. The van der Waals surface area contributed by atoms with Gasteiger partial charge in [-0.1, -0.05) is 43.3 Å². The smallest absolute Gasteiger partial charge is 0.269 e. The Morgan fingerprint density at radius 3 is 2.65 bits per heavy atom. The second-order valence-corrected chi connectivity index (χ2v) is 6.57. The minimum atomic E-state index is -0.114. The summed E-state index contributed by atoms with van der Waals surface area (Å²) in [6, 6.07) is 9.57. The van der Waals surface area contributed by atoms with Gasteiger partial charge in [-0.25, -0.2) is 0 Å². The zero-order chi connectivity index (χ0) is 18.5. The summed E-state index contributed by atoms with van der Waals surface area (Å²) >= 11 is 0. The fourth-order valence-electron chi connectivity index (χ4n) is 2.75. The first-order chi connectivity index (χ1) is 12.6. The first-order valence-corrected chi connectivity index (χ1v) is 8.77. The summed E-state index contributed by atoms with van der Waals surface area (Å²) in [5.74, 6) is 0.936. The van der Waals surface area contributed by atoms with Crippen molar-refractivity contribution >= 4 is 5.91 Å². The lowest BCUT2D eigenvalue weighted by molar-refractivity contribution is 0.0940. The van der Waals surface area contributed by atoms with E-state index in [1.54, 1.807) is 4.68 Å².